The molecular weight excluding hydrogens is 126 g/mol. The molecule has 0 aromatic carbocycles. The SMILES string of the molecule is CC(O)C1(CN)CC1(C)C. The zero-order chi connectivity index (χ0) is 7.99. The summed E-state index contributed by atoms with van der Waals surface area (Å²) < 4.78 is 0. The number of aliphatic hydroxyl groups is 1. The van der Waals surface area contributed by atoms with E-state index in [0.29, 0.717) is 6.54 Å². The molecule has 0 aromatic heterocycles. The normalized spacial score (nSPS) is 39.3. The monoisotopic (exact) mass is 143 g/mol. The summed E-state index contributed by atoms with van der Waals surface area (Å²) in [6.07, 6.45) is 0.807. The van der Waals surface area contributed by atoms with Crippen LogP contribution in [-0.4, -0.2) is 17.8 Å². The molecule has 1 fully saturated rings. The van der Waals surface area contributed by atoms with Crippen LogP contribution in [0.1, 0.15) is 27.2 Å². The third kappa shape index (κ3) is 0.789. The standard InChI is InChI=1S/C8H17NO/c1-6(10)8(5-9)4-7(8,2)3/h6,10H,4-5,9H2,1-3H3. The zero-order valence-electron chi connectivity index (χ0n) is 7.02. The zero-order valence-corrected chi connectivity index (χ0v) is 7.02. The van der Waals surface area contributed by atoms with Gasteiger partial charge in [0.25, 0.3) is 0 Å². The smallest absolute Gasteiger partial charge is 0.0585 e. The minimum atomic E-state index is -0.257. The van der Waals surface area contributed by atoms with Gasteiger partial charge in [-0.25, -0.2) is 0 Å². The molecule has 10 heavy (non-hydrogen) atoms. The van der Waals surface area contributed by atoms with Crippen molar-refractivity contribution in [2.24, 2.45) is 16.6 Å². The Morgan fingerprint density at radius 1 is 1.60 bits per heavy atom. The molecule has 1 aliphatic carbocycles. The van der Waals surface area contributed by atoms with Gasteiger partial charge in [-0.3, -0.25) is 0 Å². The predicted molar refractivity (Wildman–Crippen MR) is 41.6 cm³/mol. The molecule has 2 unspecified atom stereocenters. The third-order valence-corrected chi connectivity index (χ3v) is 3.14. The van der Waals surface area contributed by atoms with E-state index in [1.165, 1.54) is 0 Å². The number of hydrogen-bond acceptors (Lipinski definition) is 2. The van der Waals surface area contributed by atoms with Crippen LogP contribution in [0.5, 0.6) is 0 Å². The summed E-state index contributed by atoms with van der Waals surface area (Å²) in [4.78, 5) is 0. The molecule has 60 valence electrons. The lowest BCUT2D eigenvalue weighted by molar-refractivity contribution is 0.0919. The van der Waals surface area contributed by atoms with Gasteiger partial charge in [0.2, 0.25) is 0 Å². The van der Waals surface area contributed by atoms with Gasteiger partial charge in [0.1, 0.15) is 0 Å². The van der Waals surface area contributed by atoms with E-state index in [1.807, 2.05) is 6.92 Å². The van der Waals surface area contributed by atoms with Crippen molar-refractivity contribution in [3.05, 3.63) is 0 Å². The van der Waals surface area contributed by atoms with E-state index in [0.717, 1.165) is 6.42 Å². The van der Waals surface area contributed by atoms with E-state index in [9.17, 15) is 5.11 Å². The molecule has 2 nitrogen and oxygen atoms in total. The highest BCUT2D eigenvalue weighted by atomic mass is 16.3. The van der Waals surface area contributed by atoms with Gasteiger partial charge in [-0.05, 0) is 18.8 Å². The van der Waals surface area contributed by atoms with Crippen LogP contribution in [0.25, 0.3) is 0 Å². The van der Waals surface area contributed by atoms with E-state index in [1.54, 1.807) is 0 Å². The molecule has 0 aliphatic heterocycles. The largest absolute Gasteiger partial charge is 0.393 e. The first-order valence-corrected chi connectivity index (χ1v) is 3.84. The molecular formula is C8H17NO. The summed E-state index contributed by atoms with van der Waals surface area (Å²) in [5, 5.41) is 9.40. The van der Waals surface area contributed by atoms with Crippen molar-refractivity contribution in [1.29, 1.82) is 0 Å². The van der Waals surface area contributed by atoms with Gasteiger partial charge in [-0.2, -0.15) is 0 Å². The summed E-state index contributed by atoms with van der Waals surface area (Å²) in [7, 11) is 0. The lowest BCUT2D eigenvalue weighted by Gasteiger charge is -2.21. The summed E-state index contributed by atoms with van der Waals surface area (Å²) in [5.74, 6) is 0. The maximum atomic E-state index is 9.40. The van der Waals surface area contributed by atoms with Crippen molar-refractivity contribution < 1.29 is 5.11 Å². The van der Waals surface area contributed by atoms with E-state index in [4.69, 9.17) is 5.73 Å². The van der Waals surface area contributed by atoms with Crippen molar-refractivity contribution in [1.82, 2.24) is 0 Å². The van der Waals surface area contributed by atoms with Gasteiger partial charge in [-0.15, -0.1) is 0 Å². The maximum Gasteiger partial charge on any atom is 0.0585 e. The van der Waals surface area contributed by atoms with Gasteiger partial charge >= 0.3 is 0 Å². The fraction of sp³-hybridized carbons (Fsp3) is 1.00. The summed E-state index contributed by atoms with van der Waals surface area (Å²) in [6, 6.07) is 0. The lowest BCUT2D eigenvalue weighted by Crippen LogP contribution is -2.31. The van der Waals surface area contributed by atoms with Crippen LogP contribution in [0.4, 0.5) is 0 Å². The Bertz CT molecular complexity index is 142. The van der Waals surface area contributed by atoms with Crippen molar-refractivity contribution in [3.63, 3.8) is 0 Å². The van der Waals surface area contributed by atoms with Crippen LogP contribution < -0.4 is 5.73 Å². The van der Waals surface area contributed by atoms with Gasteiger partial charge in [0, 0.05) is 12.0 Å². The summed E-state index contributed by atoms with van der Waals surface area (Å²) in [5.41, 5.74) is 5.87. The first kappa shape index (κ1) is 8.02. The van der Waals surface area contributed by atoms with E-state index in [2.05, 4.69) is 13.8 Å². The molecule has 0 radical (unpaired) electrons. The molecule has 0 heterocycles. The second-order valence-electron chi connectivity index (χ2n) is 4.10. The Balaban J connectivity index is 2.68. The average molecular weight is 143 g/mol. The topological polar surface area (TPSA) is 46.2 Å². The predicted octanol–water partition coefficient (Wildman–Crippen LogP) is 0.742. The first-order valence-electron chi connectivity index (χ1n) is 3.84. The van der Waals surface area contributed by atoms with Gasteiger partial charge in [0.05, 0.1) is 6.10 Å². The number of aliphatic hydroxyl groups excluding tert-OH is 1. The average Bonchev–Trinajstić information content (AvgIpc) is 2.35. The Hall–Kier alpha value is -0.0800. The molecule has 3 N–H and O–H groups in total. The lowest BCUT2D eigenvalue weighted by atomic mass is 9.91. The van der Waals surface area contributed by atoms with Crippen LogP contribution in [0.3, 0.4) is 0 Å². The molecule has 2 heteroatoms. The minimum Gasteiger partial charge on any atom is -0.393 e. The minimum absolute atomic E-state index is 0.0208. The second-order valence-corrected chi connectivity index (χ2v) is 4.10. The van der Waals surface area contributed by atoms with E-state index in [-0.39, 0.29) is 16.9 Å². The Kier molecular flexibility index (Phi) is 1.57. The van der Waals surface area contributed by atoms with Crippen molar-refractivity contribution in [2.45, 2.75) is 33.3 Å². The number of rotatable bonds is 2. The number of nitrogens with two attached hydrogens (primary N) is 1. The molecule has 1 saturated carbocycles. The molecule has 0 saturated heterocycles. The quantitative estimate of drug-likeness (QED) is 0.599. The number of hydrogen-bond donors (Lipinski definition) is 2. The maximum absolute atomic E-state index is 9.40. The molecule has 0 bridgehead atoms. The highest BCUT2D eigenvalue weighted by Gasteiger charge is 2.62. The van der Waals surface area contributed by atoms with Gasteiger partial charge < -0.3 is 10.8 Å². The Labute approximate surface area is 62.4 Å². The fourth-order valence-corrected chi connectivity index (χ4v) is 1.98. The molecule has 0 aromatic rings. The van der Waals surface area contributed by atoms with Crippen LogP contribution in [0.15, 0.2) is 0 Å². The molecule has 0 spiro atoms. The van der Waals surface area contributed by atoms with Crippen molar-refractivity contribution in [2.75, 3.05) is 6.54 Å². The van der Waals surface area contributed by atoms with Gasteiger partial charge in [0.15, 0.2) is 0 Å². The summed E-state index contributed by atoms with van der Waals surface area (Å²) >= 11 is 0. The second kappa shape index (κ2) is 1.95. The fourth-order valence-electron chi connectivity index (χ4n) is 1.98. The van der Waals surface area contributed by atoms with Crippen molar-refractivity contribution in [3.8, 4) is 0 Å². The Morgan fingerprint density at radius 2 is 2.00 bits per heavy atom. The van der Waals surface area contributed by atoms with Crippen LogP contribution in [-0.2, 0) is 0 Å². The summed E-state index contributed by atoms with van der Waals surface area (Å²) in [6.45, 7) is 6.76. The van der Waals surface area contributed by atoms with Crippen LogP contribution in [0, 0.1) is 10.8 Å². The molecule has 1 rings (SSSR count). The molecule has 2 atom stereocenters. The van der Waals surface area contributed by atoms with E-state index >= 15 is 0 Å². The highest BCUT2D eigenvalue weighted by Crippen LogP contribution is 2.64. The highest BCUT2D eigenvalue weighted by molar-refractivity contribution is 5.12. The van der Waals surface area contributed by atoms with Crippen molar-refractivity contribution >= 4 is 0 Å². The third-order valence-electron chi connectivity index (χ3n) is 3.14. The van der Waals surface area contributed by atoms with Gasteiger partial charge in [-0.1, -0.05) is 13.8 Å². The van der Waals surface area contributed by atoms with E-state index < -0.39 is 0 Å². The Morgan fingerprint density at radius 3 is 2.00 bits per heavy atom. The van der Waals surface area contributed by atoms with Crippen LogP contribution in [0.2, 0.25) is 0 Å². The van der Waals surface area contributed by atoms with Crippen LogP contribution >= 0.6 is 0 Å². The molecule has 0 amide bonds. The molecule has 1 aliphatic rings. The first-order chi connectivity index (χ1) is 4.46.